The molecule has 0 radical (unpaired) electrons. The van der Waals surface area contributed by atoms with Gasteiger partial charge in [-0.3, -0.25) is 9.59 Å². The van der Waals surface area contributed by atoms with Crippen LogP contribution in [0.4, 0.5) is 0 Å². The summed E-state index contributed by atoms with van der Waals surface area (Å²) in [5, 5.41) is 0. The van der Waals surface area contributed by atoms with Gasteiger partial charge in [0.05, 0.1) is 17.9 Å². The maximum Gasteiger partial charge on any atom is 0.339 e. The van der Waals surface area contributed by atoms with Gasteiger partial charge in [0.2, 0.25) is 0 Å². The fourth-order valence-electron chi connectivity index (χ4n) is 9.05. The van der Waals surface area contributed by atoms with Crippen molar-refractivity contribution in [1.82, 2.24) is 0 Å². The zero-order valence-electron chi connectivity index (χ0n) is 19.5. The number of ether oxygens (including phenoxy) is 2. The molecular weight excluding hydrogens is 408 g/mol. The van der Waals surface area contributed by atoms with E-state index in [9.17, 15) is 14.4 Å². The first-order valence-corrected chi connectivity index (χ1v) is 11.9. The highest BCUT2D eigenvalue weighted by Gasteiger charge is 2.88. The highest BCUT2D eigenvalue weighted by Crippen LogP contribution is 2.79. The van der Waals surface area contributed by atoms with Crippen molar-refractivity contribution in [2.24, 2.45) is 33.5 Å². The van der Waals surface area contributed by atoms with Gasteiger partial charge in [0.15, 0.2) is 6.10 Å². The Morgan fingerprint density at radius 3 is 2.38 bits per heavy atom. The molecule has 6 nitrogen and oxygen atoms in total. The molecule has 172 valence electrons. The van der Waals surface area contributed by atoms with Crippen molar-refractivity contribution >= 4 is 17.5 Å². The molecule has 5 aliphatic rings. The van der Waals surface area contributed by atoms with E-state index in [0.717, 1.165) is 24.8 Å². The van der Waals surface area contributed by atoms with Gasteiger partial charge in [-0.05, 0) is 49.5 Å². The Morgan fingerprint density at radius 1 is 0.938 bits per heavy atom. The van der Waals surface area contributed by atoms with Crippen LogP contribution < -0.4 is 0 Å². The van der Waals surface area contributed by atoms with Gasteiger partial charge >= 0.3 is 5.97 Å². The van der Waals surface area contributed by atoms with E-state index in [1.165, 1.54) is 0 Å². The summed E-state index contributed by atoms with van der Waals surface area (Å²) < 4.78 is 17.6. The number of hydrogen-bond acceptors (Lipinski definition) is 6. The molecule has 6 rings (SSSR count). The standard InChI is InChI=1S/C26H32O6/c1-22(2)16-12-18(28)25(5)15(23(16,3)9-7-17(22)27)6-10-24(4)19(14-8-11-30-13-14)31-21(29)20-26(24,25)32-20/h8,11,13,15-16,19-20H,6-7,9-10,12H2,1-5H3/t15?,16?,19?,20-,23-,24+,25+,26-/m1/s1. The summed E-state index contributed by atoms with van der Waals surface area (Å²) in [6.07, 6.45) is 5.35. The van der Waals surface area contributed by atoms with Crippen LogP contribution in [-0.2, 0) is 23.9 Å². The number of ketones is 2. The fourth-order valence-corrected chi connectivity index (χ4v) is 9.05. The molecule has 2 saturated heterocycles. The number of cyclic esters (lactones) is 1. The van der Waals surface area contributed by atoms with E-state index in [-0.39, 0.29) is 34.8 Å². The molecule has 0 bridgehead atoms. The minimum Gasteiger partial charge on any atom is -0.472 e. The molecule has 3 saturated carbocycles. The summed E-state index contributed by atoms with van der Waals surface area (Å²) in [6, 6.07) is 1.84. The minimum atomic E-state index is -0.878. The number of epoxide rings is 1. The maximum atomic E-state index is 14.1. The second-order valence-corrected chi connectivity index (χ2v) is 12.1. The summed E-state index contributed by atoms with van der Waals surface area (Å²) in [4.78, 5) is 40.0. The van der Waals surface area contributed by atoms with E-state index in [4.69, 9.17) is 13.9 Å². The lowest BCUT2D eigenvalue weighted by atomic mass is 9.35. The van der Waals surface area contributed by atoms with Crippen LogP contribution >= 0.6 is 0 Å². The van der Waals surface area contributed by atoms with Gasteiger partial charge in [-0.15, -0.1) is 0 Å². The van der Waals surface area contributed by atoms with Crippen LogP contribution in [0.1, 0.15) is 78.4 Å². The summed E-state index contributed by atoms with van der Waals surface area (Å²) in [7, 11) is 0. The number of esters is 1. The molecule has 1 aromatic heterocycles. The highest BCUT2D eigenvalue weighted by atomic mass is 16.7. The molecule has 32 heavy (non-hydrogen) atoms. The first-order chi connectivity index (χ1) is 14.9. The molecule has 0 aromatic carbocycles. The van der Waals surface area contributed by atoms with Crippen LogP contribution in [-0.4, -0.2) is 29.2 Å². The average molecular weight is 441 g/mol. The van der Waals surface area contributed by atoms with Crippen molar-refractivity contribution in [2.75, 3.05) is 0 Å². The monoisotopic (exact) mass is 440 g/mol. The number of rotatable bonds is 1. The van der Waals surface area contributed by atoms with Crippen LogP contribution in [0.25, 0.3) is 0 Å². The van der Waals surface area contributed by atoms with E-state index >= 15 is 0 Å². The minimum absolute atomic E-state index is 0.0139. The second kappa shape index (κ2) is 5.75. The molecule has 3 aliphatic carbocycles. The second-order valence-electron chi connectivity index (χ2n) is 12.1. The Balaban J connectivity index is 1.51. The molecule has 6 heteroatoms. The molecule has 3 unspecified atom stereocenters. The molecule has 0 amide bonds. The van der Waals surface area contributed by atoms with E-state index in [1.54, 1.807) is 12.5 Å². The number of hydrogen-bond donors (Lipinski definition) is 0. The van der Waals surface area contributed by atoms with Crippen LogP contribution in [0, 0.1) is 33.5 Å². The molecule has 8 atom stereocenters. The van der Waals surface area contributed by atoms with Gasteiger partial charge in [-0.2, -0.15) is 0 Å². The summed E-state index contributed by atoms with van der Waals surface area (Å²) in [5.41, 5.74) is -2.06. The van der Waals surface area contributed by atoms with Gasteiger partial charge in [-0.25, -0.2) is 4.79 Å². The van der Waals surface area contributed by atoms with Crippen LogP contribution in [0.3, 0.4) is 0 Å². The predicted octanol–water partition coefficient (Wildman–Crippen LogP) is 4.42. The van der Waals surface area contributed by atoms with Gasteiger partial charge < -0.3 is 13.9 Å². The predicted molar refractivity (Wildman–Crippen MR) is 113 cm³/mol. The topological polar surface area (TPSA) is 86.1 Å². The fraction of sp³-hybridized carbons (Fsp3) is 0.731. The first-order valence-electron chi connectivity index (χ1n) is 11.9. The molecule has 0 N–H and O–H groups in total. The van der Waals surface area contributed by atoms with Gasteiger partial charge in [0.1, 0.15) is 23.3 Å². The van der Waals surface area contributed by atoms with E-state index in [1.807, 2.05) is 26.8 Å². The number of fused-ring (bicyclic) bond motifs is 3. The normalized spacial score (nSPS) is 51.1. The van der Waals surface area contributed by atoms with E-state index < -0.39 is 34.1 Å². The highest BCUT2D eigenvalue weighted by molar-refractivity contribution is 5.94. The lowest BCUT2D eigenvalue weighted by Gasteiger charge is -2.67. The summed E-state index contributed by atoms with van der Waals surface area (Å²) >= 11 is 0. The smallest absolute Gasteiger partial charge is 0.339 e. The molecule has 5 fully saturated rings. The van der Waals surface area contributed by atoms with Crippen molar-refractivity contribution in [1.29, 1.82) is 0 Å². The largest absolute Gasteiger partial charge is 0.472 e. The Bertz CT molecular complexity index is 1040. The Hall–Kier alpha value is -1.95. The summed E-state index contributed by atoms with van der Waals surface area (Å²) in [6.45, 7) is 10.5. The zero-order chi connectivity index (χ0) is 22.9. The van der Waals surface area contributed by atoms with Crippen LogP contribution in [0.2, 0.25) is 0 Å². The van der Waals surface area contributed by atoms with Crippen molar-refractivity contribution in [3.63, 3.8) is 0 Å². The van der Waals surface area contributed by atoms with Crippen LogP contribution in [0.15, 0.2) is 23.0 Å². The molecule has 2 aliphatic heterocycles. The SMILES string of the molecule is CC1(C)C(=O)CC[C@@]2(C)C1CC(=O)[C@]1(C)C2CC[C@@]2(C)C(c3ccoc3)OC(=O)[C@H]3O[C@]321. The van der Waals surface area contributed by atoms with Gasteiger partial charge in [-0.1, -0.05) is 27.7 Å². The Morgan fingerprint density at radius 2 is 1.69 bits per heavy atom. The van der Waals surface area contributed by atoms with Crippen molar-refractivity contribution < 1.29 is 28.3 Å². The zero-order valence-corrected chi connectivity index (χ0v) is 19.5. The lowest BCUT2D eigenvalue weighted by molar-refractivity contribution is -0.220. The van der Waals surface area contributed by atoms with Crippen molar-refractivity contribution in [3.8, 4) is 0 Å². The lowest BCUT2D eigenvalue weighted by Crippen LogP contribution is -2.71. The van der Waals surface area contributed by atoms with Gasteiger partial charge in [0.25, 0.3) is 0 Å². The Kier molecular flexibility index (Phi) is 3.71. The van der Waals surface area contributed by atoms with Crippen molar-refractivity contribution in [2.45, 2.75) is 84.5 Å². The third kappa shape index (κ3) is 1.97. The maximum absolute atomic E-state index is 14.1. The van der Waals surface area contributed by atoms with Crippen LogP contribution in [0.5, 0.6) is 0 Å². The quantitative estimate of drug-likeness (QED) is 0.475. The first kappa shape index (κ1) is 20.6. The van der Waals surface area contributed by atoms with Gasteiger partial charge in [0, 0.05) is 29.2 Å². The molecular formula is C26H32O6. The average Bonchev–Trinajstić information content (AvgIpc) is 3.30. The van der Waals surface area contributed by atoms with E-state index in [0.29, 0.717) is 12.8 Å². The molecule has 3 heterocycles. The summed E-state index contributed by atoms with van der Waals surface area (Å²) in [5.74, 6) is 0.0937. The van der Waals surface area contributed by atoms with Crippen molar-refractivity contribution in [3.05, 3.63) is 24.2 Å². The number of furan rings is 1. The molecule has 1 spiro atoms. The molecule has 1 aromatic rings. The number of carbonyl (C=O) groups is 3. The number of carbonyl (C=O) groups excluding carboxylic acids is 3. The third-order valence-electron chi connectivity index (χ3n) is 10.8. The Labute approximate surface area is 188 Å². The van der Waals surface area contributed by atoms with E-state index in [2.05, 4.69) is 13.8 Å². The number of Topliss-reactive ketones (excluding diaryl/α,β-unsaturated/α-hetero) is 2. The third-order valence-corrected chi connectivity index (χ3v) is 10.8.